The summed E-state index contributed by atoms with van der Waals surface area (Å²) in [5.74, 6) is 2.40. The Labute approximate surface area is 114 Å². The normalized spacial score (nSPS) is 17.4. The average Bonchev–Trinajstić information content (AvgIpc) is 2.86. The minimum absolute atomic E-state index is 0.214. The van der Waals surface area contributed by atoms with Crippen molar-refractivity contribution >= 4 is 5.95 Å². The zero-order valence-corrected chi connectivity index (χ0v) is 12.1. The van der Waals surface area contributed by atoms with Crippen molar-refractivity contribution in [1.29, 1.82) is 0 Å². The van der Waals surface area contributed by atoms with E-state index in [0.717, 1.165) is 37.3 Å². The minimum Gasteiger partial charge on any atom is -0.371 e. The third kappa shape index (κ3) is 4.18. The van der Waals surface area contributed by atoms with Crippen LogP contribution in [0.4, 0.5) is 5.95 Å². The van der Waals surface area contributed by atoms with Gasteiger partial charge >= 0.3 is 0 Å². The standard InChI is InChI=1S/C13H25N5O/c1-10(2)19-9-12-15-13(17-16-12)18-6-4-11(5-7-18)8-14-3/h10-11,14H,4-9H2,1-3H3,(H,15,16,17). The highest BCUT2D eigenvalue weighted by Gasteiger charge is 2.21. The molecule has 1 aromatic heterocycles. The summed E-state index contributed by atoms with van der Waals surface area (Å²) in [6, 6.07) is 0. The Morgan fingerprint density at radius 2 is 2.16 bits per heavy atom. The molecule has 0 aliphatic carbocycles. The molecule has 2 N–H and O–H groups in total. The summed E-state index contributed by atoms with van der Waals surface area (Å²) in [6.07, 6.45) is 2.62. The van der Waals surface area contributed by atoms with Crippen LogP contribution < -0.4 is 10.2 Å². The topological polar surface area (TPSA) is 66.1 Å². The number of piperidine rings is 1. The maximum Gasteiger partial charge on any atom is 0.244 e. The van der Waals surface area contributed by atoms with Crippen LogP contribution in [0.25, 0.3) is 0 Å². The van der Waals surface area contributed by atoms with Crippen LogP contribution in [-0.2, 0) is 11.3 Å². The number of hydrogen-bond donors (Lipinski definition) is 2. The first-order valence-corrected chi connectivity index (χ1v) is 7.11. The molecule has 2 rings (SSSR count). The molecule has 1 aromatic rings. The molecule has 0 aromatic carbocycles. The van der Waals surface area contributed by atoms with Crippen LogP contribution >= 0.6 is 0 Å². The first-order chi connectivity index (χ1) is 9.19. The van der Waals surface area contributed by atoms with Crippen LogP contribution in [-0.4, -0.2) is 48.0 Å². The second-order valence-electron chi connectivity index (χ2n) is 5.43. The van der Waals surface area contributed by atoms with Gasteiger partial charge in [0.2, 0.25) is 5.95 Å². The van der Waals surface area contributed by atoms with Gasteiger partial charge in [0.1, 0.15) is 6.61 Å². The molecule has 1 aliphatic heterocycles. The van der Waals surface area contributed by atoms with Gasteiger partial charge in [-0.05, 0) is 46.2 Å². The number of hydrogen-bond acceptors (Lipinski definition) is 5. The van der Waals surface area contributed by atoms with E-state index >= 15 is 0 Å². The molecule has 0 bridgehead atoms. The van der Waals surface area contributed by atoms with E-state index in [1.807, 2.05) is 20.9 Å². The number of ether oxygens (including phenoxy) is 1. The van der Waals surface area contributed by atoms with E-state index in [0.29, 0.717) is 6.61 Å². The molecular formula is C13H25N5O. The molecule has 6 nitrogen and oxygen atoms in total. The summed E-state index contributed by atoms with van der Waals surface area (Å²) in [4.78, 5) is 6.75. The number of aromatic nitrogens is 3. The van der Waals surface area contributed by atoms with E-state index in [1.165, 1.54) is 12.8 Å². The minimum atomic E-state index is 0.214. The Bertz CT molecular complexity index is 371. The van der Waals surface area contributed by atoms with Gasteiger partial charge in [-0.3, -0.25) is 5.10 Å². The molecule has 0 amide bonds. The molecule has 19 heavy (non-hydrogen) atoms. The summed E-state index contributed by atoms with van der Waals surface area (Å²) >= 11 is 0. The van der Waals surface area contributed by atoms with Gasteiger partial charge in [0.05, 0.1) is 6.10 Å². The molecule has 0 spiro atoms. The van der Waals surface area contributed by atoms with Gasteiger partial charge in [0.15, 0.2) is 5.82 Å². The fourth-order valence-electron chi connectivity index (χ4n) is 2.36. The second kappa shape index (κ2) is 6.86. The second-order valence-corrected chi connectivity index (χ2v) is 5.43. The highest BCUT2D eigenvalue weighted by atomic mass is 16.5. The molecule has 6 heteroatoms. The van der Waals surface area contributed by atoms with Gasteiger partial charge in [0.25, 0.3) is 0 Å². The van der Waals surface area contributed by atoms with Crippen LogP contribution in [0, 0.1) is 5.92 Å². The van der Waals surface area contributed by atoms with E-state index in [2.05, 4.69) is 25.4 Å². The van der Waals surface area contributed by atoms with Crippen molar-refractivity contribution in [3.05, 3.63) is 5.82 Å². The lowest BCUT2D eigenvalue weighted by atomic mass is 9.97. The molecular weight excluding hydrogens is 242 g/mol. The van der Waals surface area contributed by atoms with Gasteiger partial charge in [-0.2, -0.15) is 4.98 Å². The number of rotatable bonds is 6. The first kappa shape index (κ1) is 14.3. The van der Waals surface area contributed by atoms with Crippen molar-refractivity contribution in [1.82, 2.24) is 20.5 Å². The smallest absolute Gasteiger partial charge is 0.244 e. The van der Waals surface area contributed by atoms with E-state index < -0.39 is 0 Å². The van der Waals surface area contributed by atoms with E-state index in [-0.39, 0.29) is 6.10 Å². The molecule has 2 heterocycles. The maximum atomic E-state index is 5.52. The number of aromatic amines is 1. The fraction of sp³-hybridized carbons (Fsp3) is 0.846. The molecule has 1 aliphatic rings. The SMILES string of the molecule is CNCC1CCN(c2n[nH]c(COC(C)C)n2)CC1. The summed E-state index contributed by atoms with van der Waals surface area (Å²) in [7, 11) is 2.02. The third-order valence-electron chi connectivity index (χ3n) is 3.46. The van der Waals surface area contributed by atoms with Crippen molar-refractivity contribution in [2.75, 3.05) is 31.6 Å². The van der Waals surface area contributed by atoms with E-state index in [1.54, 1.807) is 0 Å². The molecule has 0 unspecified atom stereocenters. The molecule has 1 saturated heterocycles. The first-order valence-electron chi connectivity index (χ1n) is 7.11. The van der Waals surface area contributed by atoms with Crippen molar-refractivity contribution in [2.45, 2.75) is 39.4 Å². The lowest BCUT2D eigenvalue weighted by Gasteiger charge is -2.30. The van der Waals surface area contributed by atoms with Crippen molar-refractivity contribution in [3.63, 3.8) is 0 Å². The Kier molecular flexibility index (Phi) is 5.15. The Balaban J connectivity index is 1.82. The predicted molar refractivity (Wildman–Crippen MR) is 75.2 cm³/mol. The number of anilines is 1. The van der Waals surface area contributed by atoms with Crippen molar-refractivity contribution in [3.8, 4) is 0 Å². The van der Waals surface area contributed by atoms with Crippen LogP contribution in [0.15, 0.2) is 0 Å². The molecule has 1 fully saturated rings. The van der Waals surface area contributed by atoms with Gasteiger partial charge in [0, 0.05) is 13.1 Å². The average molecular weight is 267 g/mol. The lowest BCUT2D eigenvalue weighted by Crippen LogP contribution is -2.37. The van der Waals surface area contributed by atoms with Crippen LogP contribution in [0.1, 0.15) is 32.5 Å². The highest BCUT2D eigenvalue weighted by Crippen LogP contribution is 2.20. The quantitative estimate of drug-likeness (QED) is 0.810. The Hall–Kier alpha value is -1.14. The van der Waals surface area contributed by atoms with Crippen molar-refractivity contribution in [2.24, 2.45) is 5.92 Å². The summed E-state index contributed by atoms with van der Waals surface area (Å²) in [5, 5.41) is 10.5. The van der Waals surface area contributed by atoms with E-state index in [4.69, 9.17) is 4.74 Å². The molecule has 0 radical (unpaired) electrons. The van der Waals surface area contributed by atoms with Crippen LogP contribution in [0.5, 0.6) is 0 Å². The number of nitrogens with one attached hydrogen (secondary N) is 2. The third-order valence-corrected chi connectivity index (χ3v) is 3.46. The van der Waals surface area contributed by atoms with Crippen molar-refractivity contribution < 1.29 is 4.74 Å². The van der Waals surface area contributed by atoms with Gasteiger partial charge in [-0.15, -0.1) is 5.10 Å². The monoisotopic (exact) mass is 267 g/mol. The van der Waals surface area contributed by atoms with Crippen LogP contribution in [0.3, 0.4) is 0 Å². The zero-order chi connectivity index (χ0) is 13.7. The van der Waals surface area contributed by atoms with Gasteiger partial charge in [-0.1, -0.05) is 0 Å². The lowest BCUT2D eigenvalue weighted by molar-refractivity contribution is 0.0615. The Morgan fingerprint density at radius 3 is 2.79 bits per heavy atom. The molecule has 0 atom stereocenters. The van der Waals surface area contributed by atoms with Gasteiger partial charge < -0.3 is 15.0 Å². The molecule has 108 valence electrons. The summed E-state index contributed by atoms with van der Waals surface area (Å²) < 4.78 is 5.52. The Morgan fingerprint density at radius 1 is 1.42 bits per heavy atom. The molecule has 0 saturated carbocycles. The zero-order valence-electron chi connectivity index (χ0n) is 12.1. The predicted octanol–water partition coefficient (Wildman–Crippen LogP) is 1.17. The fourth-order valence-corrected chi connectivity index (χ4v) is 2.36. The summed E-state index contributed by atoms with van der Waals surface area (Å²) in [6.45, 7) is 7.72. The summed E-state index contributed by atoms with van der Waals surface area (Å²) in [5.41, 5.74) is 0. The van der Waals surface area contributed by atoms with Gasteiger partial charge in [-0.25, -0.2) is 0 Å². The number of H-pyrrole nitrogens is 1. The maximum absolute atomic E-state index is 5.52. The highest BCUT2D eigenvalue weighted by molar-refractivity contribution is 5.29. The van der Waals surface area contributed by atoms with E-state index in [9.17, 15) is 0 Å². The van der Waals surface area contributed by atoms with Crippen LogP contribution in [0.2, 0.25) is 0 Å². The number of nitrogens with zero attached hydrogens (tertiary/aromatic N) is 3. The largest absolute Gasteiger partial charge is 0.371 e.